The number of carbonyl (C=O) groups is 1. The molecule has 2 N–H and O–H groups in total. The predicted octanol–water partition coefficient (Wildman–Crippen LogP) is 4.15. The number of hydrogen-bond donors (Lipinski definition) is 2. The van der Waals surface area contributed by atoms with Crippen molar-refractivity contribution >= 4 is 5.97 Å². The summed E-state index contributed by atoms with van der Waals surface area (Å²) in [6.07, 6.45) is 0.557. The summed E-state index contributed by atoms with van der Waals surface area (Å²) < 4.78 is 16.4. The Hall–Kier alpha value is -3.67. The van der Waals surface area contributed by atoms with Crippen LogP contribution in [0.2, 0.25) is 0 Å². The third-order valence-electron chi connectivity index (χ3n) is 4.30. The summed E-state index contributed by atoms with van der Waals surface area (Å²) in [5.74, 6) is 0.871. The molecular weight excluding hydrogens is 372 g/mol. The number of methoxy groups -OCH3 is 1. The molecule has 0 bridgehead atoms. The van der Waals surface area contributed by atoms with Gasteiger partial charge in [-0.1, -0.05) is 18.2 Å². The summed E-state index contributed by atoms with van der Waals surface area (Å²) in [5, 5.41) is 18.7. The first-order chi connectivity index (χ1) is 14.0. The predicted molar refractivity (Wildman–Crippen MR) is 108 cm³/mol. The summed E-state index contributed by atoms with van der Waals surface area (Å²) in [6, 6.07) is 19.5. The Morgan fingerprint density at radius 1 is 0.793 bits per heavy atom. The van der Waals surface area contributed by atoms with Crippen LogP contribution < -0.4 is 14.2 Å². The topological polar surface area (TPSA) is 85.2 Å². The molecule has 0 aliphatic rings. The molecule has 0 heterocycles. The highest BCUT2D eigenvalue weighted by Crippen LogP contribution is 2.22. The van der Waals surface area contributed by atoms with E-state index in [1.807, 2.05) is 48.5 Å². The van der Waals surface area contributed by atoms with E-state index in [1.165, 1.54) is 12.1 Å². The third kappa shape index (κ3) is 5.65. The Morgan fingerprint density at radius 2 is 1.31 bits per heavy atom. The number of ether oxygens (including phenoxy) is 3. The van der Waals surface area contributed by atoms with Gasteiger partial charge in [-0.15, -0.1) is 0 Å². The highest BCUT2D eigenvalue weighted by Gasteiger charge is 2.10. The van der Waals surface area contributed by atoms with E-state index in [0.717, 1.165) is 28.4 Å². The van der Waals surface area contributed by atoms with Crippen LogP contribution in [0.25, 0.3) is 0 Å². The van der Waals surface area contributed by atoms with Crippen molar-refractivity contribution in [2.75, 3.05) is 20.3 Å². The molecule has 3 rings (SSSR count). The molecule has 0 radical (unpaired) electrons. The Kier molecular flexibility index (Phi) is 6.58. The van der Waals surface area contributed by atoms with E-state index in [-0.39, 0.29) is 11.3 Å². The molecule has 0 unspecified atom stereocenters. The largest absolute Gasteiger partial charge is 0.507 e. The van der Waals surface area contributed by atoms with E-state index >= 15 is 0 Å². The van der Waals surface area contributed by atoms with Crippen LogP contribution in [0.15, 0.2) is 66.7 Å². The average molecular weight is 394 g/mol. The number of aromatic hydroxyl groups is 1. The fourth-order valence-electron chi connectivity index (χ4n) is 2.79. The molecule has 3 aromatic carbocycles. The van der Waals surface area contributed by atoms with Crippen molar-refractivity contribution in [3.05, 3.63) is 83.4 Å². The van der Waals surface area contributed by atoms with Crippen molar-refractivity contribution < 1.29 is 29.2 Å². The molecule has 0 amide bonds. The second kappa shape index (κ2) is 9.50. The maximum atomic E-state index is 11.1. The van der Waals surface area contributed by atoms with Gasteiger partial charge < -0.3 is 24.4 Å². The molecule has 0 spiro atoms. The van der Waals surface area contributed by atoms with Crippen molar-refractivity contribution in [2.24, 2.45) is 0 Å². The van der Waals surface area contributed by atoms with Crippen LogP contribution in [-0.2, 0) is 6.42 Å². The maximum Gasteiger partial charge on any atom is 0.339 e. The van der Waals surface area contributed by atoms with Crippen LogP contribution in [0.5, 0.6) is 23.0 Å². The van der Waals surface area contributed by atoms with Gasteiger partial charge in [-0.3, -0.25) is 0 Å². The summed E-state index contributed by atoms with van der Waals surface area (Å²) in [7, 11) is 1.62. The van der Waals surface area contributed by atoms with E-state index in [1.54, 1.807) is 13.2 Å². The number of benzene rings is 3. The Bertz CT molecular complexity index is 948. The number of aromatic carboxylic acids is 1. The second-order valence-electron chi connectivity index (χ2n) is 6.35. The zero-order valence-electron chi connectivity index (χ0n) is 16.0. The number of carboxylic acids is 1. The minimum atomic E-state index is -1.15. The average Bonchev–Trinajstić information content (AvgIpc) is 2.74. The highest BCUT2D eigenvalue weighted by atomic mass is 16.5. The lowest BCUT2D eigenvalue weighted by Crippen LogP contribution is -2.09. The van der Waals surface area contributed by atoms with Gasteiger partial charge in [0.2, 0.25) is 0 Å². The number of phenols is 1. The van der Waals surface area contributed by atoms with E-state index < -0.39 is 5.97 Å². The highest BCUT2D eigenvalue weighted by molar-refractivity contribution is 5.90. The second-order valence-corrected chi connectivity index (χ2v) is 6.35. The van der Waals surface area contributed by atoms with Gasteiger partial charge >= 0.3 is 5.97 Å². The van der Waals surface area contributed by atoms with Gasteiger partial charge in [0.25, 0.3) is 0 Å². The van der Waals surface area contributed by atoms with E-state index in [9.17, 15) is 9.90 Å². The van der Waals surface area contributed by atoms with Gasteiger partial charge in [-0.05, 0) is 66.1 Å². The van der Waals surface area contributed by atoms with E-state index in [2.05, 4.69) is 0 Å². The lowest BCUT2D eigenvalue weighted by atomic mass is 10.0. The van der Waals surface area contributed by atoms with Crippen LogP contribution in [0.3, 0.4) is 0 Å². The molecule has 0 aliphatic carbocycles. The number of rotatable bonds is 9. The van der Waals surface area contributed by atoms with Crippen LogP contribution in [0, 0.1) is 0 Å². The molecule has 0 fully saturated rings. The summed E-state index contributed by atoms with van der Waals surface area (Å²) in [5.41, 5.74) is 1.72. The van der Waals surface area contributed by atoms with Crippen molar-refractivity contribution in [3.63, 3.8) is 0 Å². The lowest BCUT2D eigenvalue weighted by molar-refractivity contribution is 0.0693. The van der Waals surface area contributed by atoms with Gasteiger partial charge in [0.15, 0.2) is 0 Å². The van der Waals surface area contributed by atoms with Gasteiger partial charge in [0.05, 0.1) is 7.11 Å². The van der Waals surface area contributed by atoms with Crippen LogP contribution in [0.4, 0.5) is 0 Å². The smallest absolute Gasteiger partial charge is 0.339 e. The van der Waals surface area contributed by atoms with Gasteiger partial charge in [0, 0.05) is 0 Å². The summed E-state index contributed by atoms with van der Waals surface area (Å²) >= 11 is 0. The number of carboxylic acid groups (broad SMARTS) is 1. The molecule has 0 aromatic heterocycles. The van der Waals surface area contributed by atoms with Crippen LogP contribution in [0.1, 0.15) is 21.5 Å². The molecule has 29 heavy (non-hydrogen) atoms. The fraction of sp³-hybridized carbons (Fsp3) is 0.174. The molecule has 6 nitrogen and oxygen atoms in total. The minimum absolute atomic E-state index is 0.0979. The first kappa shape index (κ1) is 20.1. The molecule has 6 heteroatoms. The molecule has 0 atom stereocenters. The zero-order valence-corrected chi connectivity index (χ0v) is 16.0. The molecular formula is C23H22O6. The quantitative estimate of drug-likeness (QED) is 0.531. The molecule has 150 valence electrons. The fourth-order valence-corrected chi connectivity index (χ4v) is 2.79. The SMILES string of the molecule is COc1ccc(OCCOc2ccc(Cc3ccc(O)c(C(=O)O)c3)cc2)cc1. The minimum Gasteiger partial charge on any atom is -0.507 e. The number of hydrogen-bond acceptors (Lipinski definition) is 5. The maximum absolute atomic E-state index is 11.1. The standard InChI is InChI=1S/C23H22O6/c1-27-18-7-9-20(10-8-18)29-13-12-28-19-5-2-16(3-6-19)14-17-4-11-22(24)21(15-17)23(25)26/h2-11,15,24H,12-14H2,1H3,(H,25,26). The Balaban J connectivity index is 1.48. The lowest BCUT2D eigenvalue weighted by Gasteiger charge is -2.10. The molecule has 3 aromatic rings. The Morgan fingerprint density at radius 3 is 1.86 bits per heavy atom. The molecule has 0 saturated heterocycles. The van der Waals surface area contributed by atoms with Gasteiger partial charge in [-0.25, -0.2) is 4.79 Å². The van der Waals surface area contributed by atoms with Crippen LogP contribution in [-0.4, -0.2) is 36.5 Å². The van der Waals surface area contributed by atoms with E-state index in [4.69, 9.17) is 19.3 Å². The first-order valence-corrected chi connectivity index (χ1v) is 9.09. The van der Waals surface area contributed by atoms with Crippen LogP contribution >= 0.6 is 0 Å². The molecule has 0 aliphatic heterocycles. The summed E-state index contributed by atoms with van der Waals surface area (Å²) in [4.78, 5) is 11.1. The zero-order chi connectivity index (χ0) is 20.6. The summed E-state index contributed by atoms with van der Waals surface area (Å²) in [6.45, 7) is 0.824. The first-order valence-electron chi connectivity index (χ1n) is 9.09. The normalized spacial score (nSPS) is 10.4. The van der Waals surface area contributed by atoms with Crippen molar-refractivity contribution in [1.82, 2.24) is 0 Å². The van der Waals surface area contributed by atoms with Gasteiger partial charge in [-0.2, -0.15) is 0 Å². The van der Waals surface area contributed by atoms with Crippen molar-refractivity contribution in [2.45, 2.75) is 6.42 Å². The van der Waals surface area contributed by atoms with Crippen molar-refractivity contribution in [1.29, 1.82) is 0 Å². The van der Waals surface area contributed by atoms with Crippen molar-refractivity contribution in [3.8, 4) is 23.0 Å². The van der Waals surface area contributed by atoms with E-state index in [0.29, 0.717) is 19.6 Å². The third-order valence-corrected chi connectivity index (χ3v) is 4.30. The van der Waals surface area contributed by atoms with Gasteiger partial charge in [0.1, 0.15) is 41.8 Å². The monoisotopic (exact) mass is 394 g/mol. The Labute approximate surface area is 168 Å². The molecule has 0 saturated carbocycles.